The number of para-hydroxylation sites is 1. The SMILES string of the molecule is O=C1NCC2(CCCN(Cc3ccccc3F)C2)Oc2ccccc21. The first-order valence-corrected chi connectivity index (χ1v) is 8.67. The van der Waals surface area contributed by atoms with Crippen molar-refractivity contribution in [2.24, 2.45) is 0 Å². The van der Waals surface area contributed by atoms with Gasteiger partial charge in [0.25, 0.3) is 5.91 Å². The number of rotatable bonds is 2. The van der Waals surface area contributed by atoms with E-state index in [4.69, 9.17) is 4.74 Å². The average molecular weight is 340 g/mol. The van der Waals surface area contributed by atoms with Gasteiger partial charge in [0.05, 0.1) is 12.1 Å². The summed E-state index contributed by atoms with van der Waals surface area (Å²) in [7, 11) is 0. The number of likely N-dealkylation sites (tertiary alicyclic amines) is 1. The van der Waals surface area contributed by atoms with E-state index in [1.54, 1.807) is 12.1 Å². The zero-order valence-corrected chi connectivity index (χ0v) is 14.0. The van der Waals surface area contributed by atoms with Crippen LogP contribution in [0.25, 0.3) is 0 Å². The van der Waals surface area contributed by atoms with Gasteiger partial charge < -0.3 is 10.1 Å². The van der Waals surface area contributed by atoms with Gasteiger partial charge in [0.2, 0.25) is 0 Å². The number of piperidine rings is 1. The van der Waals surface area contributed by atoms with Crippen LogP contribution >= 0.6 is 0 Å². The summed E-state index contributed by atoms with van der Waals surface area (Å²) in [6.07, 6.45) is 1.82. The van der Waals surface area contributed by atoms with Crippen LogP contribution in [0.5, 0.6) is 5.75 Å². The van der Waals surface area contributed by atoms with E-state index in [1.807, 2.05) is 30.3 Å². The van der Waals surface area contributed by atoms with Gasteiger partial charge in [-0.05, 0) is 37.6 Å². The zero-order valence-electron chi connectivity index (χ0n) is 14.0. The number of carbonyl (C=O) groups is 1. The largest absolute Gasteiger partial charge is 0.483 e. The summed E-state index contributed by atoms with van der Waals surface area (Å²) in [6, 6.07) is 14.2. The molecule has 1 amide bonds. The summed E-state index contributed by atoms with van der Waals surface area (Å²) in [5.74, 6) is 0.353. The van der Waals surface area contributed by atoms with E-state index in [1.165, 1.54) is 6.07 Å². The molecule has 0 aromatic heterocycles. The number of benzene rings is 2. The quantitative estimate of drug-likeness (QED) is 0.914. The third-order valence-electron chi connectivity index (χ3n) is 5.00. The summed E-state index contributed by atoms with van der Waals surface area (Å²) in [4.78, 5) is 14.5. The van der Waals surface area contributed by atoms with Crippen LogP contribution in [-0.2, 0) is 6.54 Å². The Morgan fingerprint density at radius 2 is 1.96 bits per heavy atom. The third kappa shape index (κ3) is 3.24. The van der Waals surface area contributed by atoms with E-state index >= 15 is 0 Å². The van der Waals surface area contributed by atoms with Crippen molar-refractivity contribution < 1.29 is 13.9 Å². The molecule has 2 aliphatic heterocycles. The van der Waals surface area contributed by atoms with E-state index in [9.17, 15) is 9.18 Å². The molecule has 1 fully saturated rings. The molecule has 2 aromatic rings. The van der Waals surface area contributed by atoms with Crippen LogP contribution in [0.2, 0.25) is 0 Å². The summed E-state index contributed by atoms with van der Waals surface area (Å²) in [5, 5.41) is 2.99. The van der Waals surface area contributed by atoms with Crippen LogP contribution in [0.4, 0.5) is 4.39 Å². The fourth-order valence-corrected chi connectivity index (χ4v) is 3.77. The number of amides is 1. The van der Waals surface area contributed by atoms with Crippen molar-refractivity contribution in [1.29, 1.82) is 0 Å². The Balaban J connectivity index is 1.56. The van der Waals surface area contributed by atoms with Crippen LogP contribution < -0.4 is 10.1 Å². The molecule has 130 valence electrons. The van der Waals surface area contributed by atoms with Gasteiger partial charge in [0.1, 0.15) is 17.2 Å². The first-order valence-electron chi connectivity index (χ1n) is 8.67. The molecule has 1 N–H and O–H groups in total. The number of hydrogen-bond donors (Lipinski definition) is 1. The van der Waals surface area contributed by atoms with Crippen LogP contribution in [0.3, 0.4) is 0 Å². The Morgan fingerprint density at radius 3 is 2.84 bits per heavy atom. The molecule has 4 nitrogen and oxygen atoms in total. The van der Waals surface area contributed by atoms with Crippen LogP contribution in [-0.4, -0.2) is 36.0 Å². The number of nitrogens with zero attached hydrogens (tertiary/aromatic N) is 1. The van der Waals surface area contributed by atoms with Gasteiger partial charge in [-0.25, -0.2) is 4.39 Å². The van der Waals surface area contributed by atoms with E-state index in [0.29, 0.717) is 36.5 Å². The second-order valence-corrected chi connectivity index (χ2v) is 6.87. The molecular formula is C20H21FN2O2. The molecule has 1 atom stereocenters. The van der Waals surface area contributed by atoms with Gasteiger partial charge in [0.15, 0.2) is 0 Å². The molecule has 0 saturated carbocycles. The highest BCUT2D eigenvalue weighted by molar-refractivity contribution is 5.97. The van der Waals surface area contributed by atoms with Crippen molar-refractivity contribution in [1.82, 2.24) is 10.2 Å². The highest BCUT2D eigenvalue weighted by atomic mass is 19.1. The molecule has 5 heteroatoms. The fourth-order valence-electron chi connectivity index (χ4n) is 3.77. The summed E-state index contributed by atoms with van der Waals surface area (Å²) >= 11 is 0. The zero-order chi connectivity index (χ0) is 17.3. The number of halogens is 1. The van der Waals surface area contributed by atoms with Crippen molar-refractivity contribution in [3.63, 3.8) is 0 Å². The molecule has 1 spiro atoms. The lowest BCUT2D eigenvalue weighted by Crippen LogP contribution is -2.56. The summed E-state index contributed by atoms with van der Waals surface area (Å²) < 4.78 is 20.3. The van der Waals surface area contributed by atoms with Crippen LogP contribution in [0, 0.1) is 5.82 Å². The van der Waals surface area contributed by atoms with Crippen molar-refractivity contribution in [2.45, 2.75) is 25.0 Å². The van der Waals surface area contributed by atoms with Gasteiger partial charge in [-0.3, -0.25) is 9.69 Å². The fraction of sp³-hybridized carbons (Fsp3) is 0.350. The normalized spacial score (nSPS) is 23.5. The maximum atomic E-state index is 14.0. The van der Waals surface area contributed by atoms with E-state index in [0.717, 1.165) is 19.4 Å². The summed E-state index contributed by atoms with van der Waals surface area (Å²) in [6.45, 7) is 2.58. The maximum Gasteiger partial charge on any atom is 0.255 e. The van der Waals surface area contributed by atoms with Gasteiger partial charge in [-0.1, -0.05) is 30.3 Å². The number of fused-ring (bicyclic) bond motifs is 1. The average Bonchev–Trinajstić information content (AvgIpc) is 2.75. The number of hydrogen-bond acceptors (Lipinski definition) is 3. The first-order chi connectivity index (χ1) is 12.2. The van der Waals surface area contributed by atoms with Gasteiger partial charge >= 0.3 is 0 Å². The van der Waals surface area contributed by atoms with Crippen molar-refractivity contribution in [2.75, 3.05) is 19.6 Å². The predicted octanol–water partition coefficient (Wildman–Crippen LogP) is 2.98. The second kappa shape index (κ2) is 6.48. The molecule has 1 saturated heterocycles. The minimum Gasteiger partial charge on any atom is -0.483 e. The second-order valence-electron chi connectivity index (χ2n) is 6.87. The molecular weight excluding hydrogens is 319 g/mol. The monoisotopic (exact) mass is 340 g/mol. The molecule has 0 radical (unpaired) electrons. The molecule has 0 aliphatic carbocycles. The Morgan fingerprint density at radius 1 is 1.16 bits per heavy atom. The van der Waals surface area contributed by atoms with E-state index in [2.05, 4.69) is 10.2 Å². The summed E-state index contributed by atoms with van der Waals surface area (Å²) in [5.41, 5.74) is 0.800. The van der Waals surface area contributed by atoms with Crippen molar-refractivity contribution in [3.8, 4) is 5.75 Å². The van der Waals surface area contributed by atoms with Crippen LogP contribution in [0.15, 0.2) is 48.5 Å². The molecule has 2 heterocycles. The lowest BCUT2D eigenvalue weighted by molar-refractivity contribution is -0.00735. The minimum absolute atomic E-state index is 0.0984. The highest BCUT2D eigenvalue weighted by Gasteiger charge is 2.40. The smallest absolute Gasteiger partial charge is 0.255 e. The predicted molar refractivity (Wildman–Crippen MR) is 93.0 cm³/mol. The topological polar surface area (TPSA) is 41.6 Å². The first kappa shape index (κ1) is 16.1. The Bertz CT molecular complexity index is 795. The standard InChI is InChI=1S/C20H21FN2O2/c21-17-8-3-1-6-15(17)12-23-11-5-10-20(14-23)13-22-19(24)16-7-2-4-9-18(16)25-20/h1-4,6-9H,5,10-14H2,(H,22,24). The van der Waals surface area contributed by atoms with E-state index in [-0.39, 0.29) is 11.7 Å². The number of ether oxygens (including phenoxy) is 1. The van der Waals surface area contributed by atoms with Crippen molar-refractivity contribution in [3.05, 3.63) is 65.5 Å². The Kier molecular flexibility index (Phi) is 4.17. The third-order valence-corrected chi connectivity index (χ3v) is 5.00. The molecule has 0 bridgehead atoms. The Labute approximate surface area is 146 Å². The lowest BCUT2D eigenvalue weighted by atomic mass is 9.92. The lowest BCUT2D eigenvalue weighted by Gasteiger charge is -2.42. The Hall–Kier alpha value is -2.40. The van der Waals surface area contributed by atoms with Crippen LogP contribution in [0.1, 0.15) is 28.8 Å². The molecule has 4 rings (SSSR count). The van der Waals surface area contributed by atoms with Gasteiger partial charge in [-0.2, -0.15) is 0 Å². The molecule has 2 aromatic carbocycles. The molecule has 25 heavy (non-hydrogen) atoms. The number of nitrogens with one attached hydrogen (secondary N) is 1. The maximum absolute atomic E-state index is 14.0. The van der Waals surface area contributed by atoms with Gasteiger partial charge in [-0.15, -0.1) is 0 Å². The minimum atomic E-state index is -0.466. The van der Waals surface area contributed by atoms with Gasteiger partial charge in [0, 0.05) is 18.7 Å². The highest BCUT2D eigenvalue weighted by Crippen LogP contribution is 2.32. The van der Waals surface area contributed by atoms with Crippen molar-refractivity contribution >= 4 is 5.91 Å². The van der Waals surface area contributed by atoms with E-state index < -0.39 is 5.60 Å². The molecule has 1 unspecified atom stereocenters. The molecule has 2 aliphatic rings. The number of carbonyl (C=O) groups excluding carboxylic acids is 1.